The Balaban J connectivity index is 3.37. The van der Waals surface area contributed by atoms with Crippen LogP contribution in [0.25, 0.3) is 0 Å². The van der Waals surface area contributed by atoms with E-state index in [1.165, 1.54) is 5.57 Å². The Hall–Kier alpha value is -0.760. The van der Waals surface area contributed by atoms with Gasteiger partial charge in [0.1, 0.15) is 0 Å². The van der Waals surface area contributed by atoms with Gasteiger partial charge in [-0.05, 0) is 37.8 Å². The molecule has 0 aromatic rings. The topological polar surface area (TPSA) is 52.0 Å². The van der Waals surface area contributed by atoms with Gasteiger partial charge in [-0.15, -0.1) is 0 Å². The van der Waals surface area contributed by atoms with E-state index in [0.717, 1.165) is 24.1 Å². The summed E-state index contributed by atoms with van der Waals surface area (Å²) in [7, 11) is 0. The molecule has 2 atom stereocenters. The van der Waals surface area contributed by atoms with Gasteiger partial charge in [0.25, 0.3) is 0 Å². The van der Waals surface area contributed by atoms with Crippen LogP contribution in [0.1, 0.15) is 47.5 Å². The van der Waals surface area contributed by atoms with Crippen molar-refractivity contribution in [2.75, 3.05) is 0 Å². The maximum absolute atomic E-state index is 6.56. The Bertz CT molecular complexity index is 327. The Morgan fingerprint density at radius 1 is 1.20 bits per heavy atom. The van der Waals surface area contributed by atoms with Gasteiger partial charge in [0, 0.05) is 16.7 Å². The van der Waals surface area contributed by atoms with Crippen molar-refractivity contribution in [1.82, 2.24) is 0 Å². The summed E-state index contributed by atoms with van der Waals surface area (Å²) in [5.74, 6) is 0. The van der Waals surface area contributed by atoms with Gasteiger partial charge in [-0.25, -0.2) is 0 Å². The maximum Gasteiger partial charge on any atom is 0.0476 e. The lowest BCUT2D eigenvalue weighted by Gasteiger charge is -2.48. The van der Waals surface area contributed by atoms with Crippen molar-refractivity contribution >= 4 is 0 Å². The minimum absolute atomic E-state index is 0.0266. The molecule has 1 rings (SSSR count). The van der Waals surface area contributed by atoms with Crippen LogP contribution in [0.5, 0.6) is 0 Å². The number of nitrogens with two attached hydrogens (primary N) is 2. The molecule has 0 fully saturated rings. The highest BCUT2D eigenvalue weighted by atomic mass is 14.8. The van der Waals surface area contributed by atoms with Crippen LogP contribution in [0.4, 0.5) is 0 Å². The first-order valence-corrected chi connectivity index (χ1v) is 5.78. The molecule has 0 saturated heterocycles. The monoisotopic (exact) mass is 208 g/mol. The van der Waals surface area contributed by atoms with E-state index in [2.05, 4.69) is 40.7 Å². The molecule has 0 heterocycles. The molecule has 15 heavy (non-hydrogen) atoms. The normalized spacial score (nSPS) is 36.8. The lowest BCUT2D eigenvalue weighted by atomic mass is 9.61. The van der Waals surface area contributed by atoms with Crippen LogP contribution < -0.4 is 11.5 Å². The lowest BCUT2D eigenvalue weighted by molar-refractivity contribution is 0.217. The molecule has 0 saturated carbocycles. The molecule has 0 aromatic carbocycles. The molecule has 2 heteroatoms. The molecule has 4 N–H and O–H groups in total. The standard InChI is InChI=1S/C13H24N2/c1-6-12(5)8-9(3)11(14)10(4)13(12,15)7-2/h8H,6-7,14-15H2,1-5H3. The lowest BCUT2D eigenvalue weighted by Crippen LogP contribution is -2.56. The highest BCUT2D eigenvalue weighted by Crippen LogP contribution is 2.46. The van der Waals surface area contributed by atoms with Crippen molar-refractivity contribution < 1.29 is 0 Å². The van der Waals surface area contributed by atoms with Gasteiger partial charge in [0.2, 0.25) is 0 Å². The van der Waals surface area contributed by atoms with E-state index in [4.69, 9.17) is 11.5 Å². The fourth-order valence-electron chi connectivity index (χ4n) is 2.74. The SMILES string of the molecule is CCC1(C)C=C(C)C(N)=C(C)C1(N)CC. The zero-order valence-corrected chi connectivity index (χ0v) is 10.6. The fourth-order valence-corrected chi connectivity index (χ4v) is 2.74. The summed E-state index contributed by atoms with van der Waals surface area (Å²) in [6.07, 6.45) is 4.21. The van der Waals surface area contributed by atoms with Gasteiger partial charge in [-0.3, -0.25) is 0 Å². The minimum Gasteiger partial charge on any atom is -0.399 e. The second-order valence-electron chi connectivity index (χ2n) is 4.96. The summed E-state index contributed by atoms with van der Waals surface area (Å²) >= 11 is 0. The molecule has 2 nitrogen and oxygen atoms in total. The number of rotatable bonds is 2. The number of allylic oxidation sites excluding steroid dienone is 1. The minimum atomic E-state index is -0.286. The third-order valence-electron chi connectivity index (χ3n) is 4.34. The summed E-state index contributed by atoms with van der Waals surface area (Å²) in [4.78, 5) is 0. The first-order valence-electron chi connectivity index (χ1n) is 5.78. The Labute approximate surface area is 93.4 Å². The summed E-state index contributed by atoms with van der Waals surface area (Å²) in [5, 5.41) is 0. The Morgan fingerprint density at radius 2 is 1.73 bits per heavy atom. The van der Waals surface area contributed by atoms with Gasteiger partial charge in [0.05, 0.1) is 0 Å². The van der Waals surface area contributed by atoms with E-state index in [0.29, 0.717) is 0 Å². The quantitative estimate of drug-likeness (QED) is 0.733. The molecule has 0 amide bonds. The summed E-state index contributed by atoms with van der Waals surface area (Å²) in [5.41, 5.74) is 15.6. The van der Waals surface area contributed by atoms with Crippen molar-refractivity contribution in [3.63, 3.8) is 0 Å². The van der Waals surface area contributed by atoms with Gasteiger partial charge < -0.3 is 11.5 Å². The van der Waals surface area contributed by atoms with Crippen LogP contribution in [0, 0.1) is 5.41 Å². The predicted octanol–water partition coefficient (Wildman–Crippen LogP) is 2.70. The highest BCUT2D eigenvalue weighted by molar-refractivity contribution is 5.44. The first-order chi connectivity index (χ1) is 6.82. The molecular weight excluding hydrogens is 184 g/mol. The zero-order chi connectivity index (χ0) is 11.9. The third kappa shape index (κ3) is 1.51. The molecule has 2 unspecified atom stereocenters. The molecule has 0 radical (unpaired) electrons. The van der Waals surface area contributed by atoms with E-state index < -0.39 is 0 Å². The van der Waals surface area contributed by atoms with Crippen LogP contribution in [-0.2, 0) is 0 Å². The summed E-state index contributed by atoms with van der Waals surface area (Å²) < 4.78 is 0. The van der Waals surface area contributed by atoms with Gasteiger partial charge >= 0.3 is 0 Å². The van der Waals surface area contributed by atoms with Crippen LogP contribution in [0.2, 0.25) is 0 Å². The predicted molar refractivity (Wildman–Crippen MR) is 66.3 cm³/mol. The van der Waals surface area contributed by atoms with Gasteiger partial charge in [0.15, 0.2) is 0 Å². The maximum atomic E-state index is 6.56. The summed E-state index contributed by atoms with van der Waals surface area (Å²) in [6, 6.07) is 0. The molecule has 0 aromatic heterocycles. The van der Waals surface area contributed by atoms with E-state index in [9.17, 15) is 0 Å². The van der Waals surface area contributed by atoms with E-state index in [-0.39, 0.29) is 11.0 Å². The Morgan fingerprint density at radius 3 is 2.13 bits per heavy atom. The van der Waals surface area contributed by atoms with Crippen molar-refractivity contribution in [3.8, 4) is 0 Å². The van der Waals surface area contributed by atoms with E-state index in [1.807, 2.05) is 0 Å². The van der Waals surface area contributed by atoms with Crippen molar-refractivity contribution in [1.29, 1.82) is 0 Å². The van der Waals surface area contributed by atoms with Crippen molar-refractivity contribution in [2.24, 2.45) is 16.9 Å². The smallest absolute Gasteiger partial charge is 0.0476 e. The van der Waals surface area contributed by atoms with E-state index in [1.54, 1.807) is 0 Å². The number of hydrogen-bond donors (Lipinski definition) is 2. The number of hydrogen-bond acceptors (Lipinski definition) is 2. The molecule has 0 spiro atoms. The van der Waals surface area contributed by atoms with Crippen LogP contribution in [-0.4, -0.2) is 5.54 Å². The molecule has 0 bridgehead atoms. The average Bonchev–Trinajstić information content (AvgIpc) is 2.23. The van der Waals surface area contributed by atoms with Gasteiger partial charge in [-0.1, -0.05) is 26.8 Å². The van der Waals surface area contributed by atoms with Crippen molar-refractivity contribution in [3.05, 3.63) is 22.9 Å². The average molecular weight is 208 g/mol. The molecule has 0 aliphatic heterocycles. The zero-order valence-electron chi connectivity index (χ0n) is 10.6. The van der Waals surface area contributed by atoms with E-state index >= 15 is 0 Å². The second kappa shape index (κ2) is 3.67. The van der Waals surface area contributed by atoms with Crippen LogP contribution >= 0.6 is 0 Å². The molecule has 86 valence electrons. The second-order valence-corrected chi connectivity index (χ2v) is 4.96. The Kier molecular flexibility index (Phi) is 3.01. The van der Waals surface area contributed by atoms with Crippen LogP contribution in [0.15, 0.2) is 22.9 Å². The molecule has 1 aliphatic carbocycles. The van der Waals surface area contributed by atoms with Crippen LogP contribution in [0.3, 0.4) is 0 Å². The largest absolute Gasteiger partial charge is 0.399 e. The first kappa shape index (κ1) is 12.3. The highest BCUT2D eigenvalue weighted by Gasteiger charge is 2.45. The molecular formula is C13H24N2. The fraction of sp³-hybridized carbons (Fsp3) is 0.692. The van der Waals surface area contributed by atoms with Gasteiger partial charge in [-0.2, -0.15) is 0 Å². The molecule has 1 aliphatic rings. The third-order valence-corrected chi connectivity index (χ3v) is 4.34. The van der Waals surface area contributed by atoms with Crippen molar-refractivity contribution in [2.45, 2.75) is 53.0 Å². The summed E-state index contributed by atoms with van der Waals surface area (Å²) in [6.45, 7) is 10.7.